The number of halogens is 2. The summed E-state index contributed by atoms with van der Waals surface area (Å²) in [5.41, 5.74) is 1.91. The molecule has 0 unspecified atom stereocenters. The van der Waals surface area contributed by atoms with Crippen LogP contribution in [0.5, 0.6) is 5.75 Å². The van der Waals surface area contributed by atoms with Crippen molar-refractivity contribution < 1.29 is 21.9 Å². The number of aryl methyl sites for hydroxylation is 2. The maximum atomic E-state index is 12.3. The van der Waals surface area contributed by atoms with Crippen molar-refractivity contribution in [3.63, 3.8) is 0 Å². The van der Waals surface area contributed by atoms with Crippen LogP contribution in [0.4, 0.5) is 8.78 Å². The highest BCUT2D eigenvalue weighted by Gasteiger charge is 2.15. The van der Waals surface area contributed by atoms with E-state index in [0.717, 1.165) is 22.7 Å². The van der Waals surface area contributed by atoms with Crippen LogP contribution in [0.15, 0.2) is 53.4 Å². The van der Waals surface area contributed by atoms with Gasteiger partial charge in [0.25, 0.3) is 0 Å². The van der Waals surface area contributed by atoms with Gasteiger partial charge in [-0.25, -0.2) is 13.1 Å². The van der Waals surface area contributed by atoms with Gasteiger partial charge in [-0.15, -0.1) is 0 Å². The average molecular weight is 395 g/mol. The second-order valence-electron chi connectivity index (χ2n) is 5.93. The number of hydrogen-bond acceptors (Lipinski definition) is 4. The Bertz CT molecular complexity index is 1040. The van der Waals surface area contributed by atoms with Crippen molar-refractivity contribution >= 4 is 20.9 Å². The van der Waals surface area contributed by atoms with Crippen LogP contribution >= 0.6 is 0 Å². The van der Waals surface area contributed by atoms with E-state index in [4.69, 9.17) is 0 Å². The summed E-state index contributed by atoms with van der Waals surface area (Å²) in [6.45, 7) is -0.299. The summed E-state index contributed by atoms with van der Waals surface area (Å²) in [5, 5.41) is 5.56. The summed E-state index contributed by atoms with van der Waals surface area (Å²) < 4.78 is 57.7. The van der Waals surface area contributed by atoms with Crippen molar-refractivity contribution in [2.45, 2.75) is 31.4 Å². The number of aromatic nitrogens is 2. The van der Waals surface area contributed by atoms with Crippen LogP contribution in [-0.4, -0.2) is 31.4 Å². The highest BCUT2D eigenvalue weighted by Crippen LogP contribution is 2.20. The van der Waals surface area contributed by atoms with Gasteiger partial charge in [0.2, 0.25) is 10.0 Å². The third kappa shape index (κ3) is 4.61. The van der Waals surface area contributed by atoms with Crippen LogP contribution in [0, 0.1) is 6.92 Å². The molecule has 2 aromatic carbocycles. The van der Waals surface area contributed by atoms with Crippen LogP contribution in [0.1, 0.15) is 12.1 Å². The third-order valence-electron chi connectivity index (χ3n) is 4.09. The van der Waals surface area contributed by atoms with Crippen LogP contribution in [-0.2, 0) is 16.6 Å². The largest absolute Gasteiger partial charge is 0.435 e. The minimum Gasteiger partial charge on any atom is -0.435 e. The van der Waals surface area contributed by atoms with Gasteiger partial charge >= 0.3 is 6.61 Å². The molecule has 3 rings (SSSR count). The van der Waals surface area contributed by atoms with E-state index in [-0.39, 0.29) is 17.2 Å². The van der Waals surface area contributed by atoms with Gasteiger partial charge in [0.1, 0.15) is 5.75 Å². The Morgan fingerprint density at radius 3 is 2.70 bits per heavy atom. The van der Waals surface area contributed by atoms with Gasteiger partial charge in [-0.2, -0.15) is 13.9 Å². The second-order valence-corrected chi connectivity index (χ2v) is 7.70. The standard InChI is InChI=1S/C18H19F2N3O3S/c1-13-16-8-2-3-9-17(16)22-23(13)11-5-10-21-27(24,25)15-7-4-6-14(12-15)26-18(19)20/h2-4,6-9,12,18,21H,5,10-11H2,1H3. The highest BCUT2D eigenvalue weighted by molar-refractivity contribution is 7.89. The van der Waals surface area contributed by atoms with E-state index in [2.05, 4.69) is 14.6 Å². The predicted octanol–water partition coefficient (Wildman–Crippen LogP) is 3.31. The van der Waals surface area contributed by atoms with Crippen LogP contribution < -0.4 is 9.46 Å². The molecule has 27 heavy (non-hydrogen) atoms. The number of benzene rings is 2. The summed E-state index contributed by atoms with van der Waals surface area (Å²) in [5.74, 6) is -0.202. The summed E-state index contributed by atoms with van der Waals surface area (Å²) >= 11 is 0. The molecule has 0 spiro atoms. The van der Waals surface area contributed by atoms with Gasteiger partial charge in [-0.05, 0) is 31.5 Å². The Hall–Kier alpha value is -2.52. The molecule has 1 N–H and O–H groups in total. The predicted molar refractivity (Wildman–Crippen MR) is 97.3 cm³/mol. The second kappa shape index (κ2) is 8.01. The monoisotopic (exact) mass is 395 g/mol. The molecule has 0 amide bonds. The summed E-state index contributed by atoms with van der Waals surface area (Å²) in [6, 6.07) is 12.8. The lowest BCUT2D eigenvalue weighted by molar-refractivity contribution is -0.0499. The van der Waals surface area contributed by atoms with Crippen LogP contribution in [0.2, 0.25) is 0 Å². The molecule has 0 saturated carbocycles. The lowest BCUT2D eigenvalue weighted by Gasteiger charge is -2.09. The molecule has 6 nitrogen and oxygen atoms in total. The van der Waals surface area contributed by atoms with Gasteiger partial charge in [0, 0.05) is 30.2 Å². The van der Waals surface area contributed by atoms with Gasteiger partial charge in [0.05, 0.1) is 10.4 Å². The summed E-state index contributed by atoms with van der Waals surface area (Å²) in [4.78, 5) is -0.123. The van der Waals surface area contributed by atoms with Crippen molar-refractivity contribution in [1.82, 2.24) is 14.5 Å². The topological polar surface area (TPSA) is 73.2 Å². The molecule has 9 heteroatoms. The van der Waals surface area contributed by atoms with E-state index in [1.165, 1.54) is 18.2 Å². The maximum absolute atomic E-state index is 12.3. The molecule has 144 valence electrons. The first-order valence-corrected chi connectivity index (χ1v) is 9.82. The number of nitrogens with one attached hydrogen (secondary N) is 1. The minimum absolute atomic E-state index is 0.123. The van der Waals surface area contributed by atoms with Crippen molar-refractivity contribution in [2.24, 2.45) is 0 Å². The number of fused-ring (bicyclic) bond motifs is 1. The zero-order valence-corrected chi connectivity index (χ0v) is 15.4. The lowest BCUT2D eigenvalue weighted by Crippen LogP contribution is -2.25. The number of alkyl halides is 2. The number of ether oxygens (including phenoxy) is 1. The number of hydrogen-bond donors (Lipinski definition) is 1. The number of rotatable bonds is 8. The maximum Gasteiger partial charge on any atom is 0.387 e. The van der Waals surface area contributed by atoms with Gasteiger partial charge in [-0.3, -0.25) is 4.68 Å². The van der Waals surface area contributed by atoms with Crippen LogP contribution in [0.3, 0.4) is 0 Å². The Morgan fingerprint density at radius 1 is 1.19 bits per heavy atom. The number of nitrogens with zero attached hydrogens (tertiary/aromatic N) is 2. The fourth-order valence-electron chi connectivity index (χ4n) is 2.76. The zero-order chi connectivity index (χ0) is 19.4. The zero-order valence-electron chi connectivity index (χ0n) is 14.6. The Kier molecular flexibility index (Phi) is 5.71. The SMILES string of the molecule is Cc1c2ccccc2nn1CCCNS(=O)(=O)c1cccc(OC(F)F)c1. The van der Waals surface area contributed by atoms with E-state index in [1.54, 1.807) is 0 Å². The van der Waals surface area contributed by atoms with Gasteiger partial charge in [0.15, 0.2) is 0 Å². The summed E-state index contributed by atoms with van der Waals surface area (Å²) in [6.07, 6.45) is 0.529. The Morgan fingerprint density at radius 2 is 1.96 bits per heavy atom. The molecule has 0 aliphatic rings. The molecule has 0 fully saturated rings. The molecule has 0 atom stereocenters. The van der Waals surface area contributed by atoms with Crippen molar-refractivity contribution in [2.75, 3.05) is 6.54 Å². The molecule has 1 aromatic heterocycles. The smallest absolute Gasteiger partial charge is 0.387 e. The molecule has 0 aliphatic heterocycles. The van der Waals surface area contributed by atoms with E-state index in [9.17, 15) is 17.2 Å². The molecular formula is C18H19F2N3O3S. The number of sulfonamides is 1. The molecule has 0 radical (unpaired) electrons. The third-order valence-corrected chi connectivity index (χ3v) is 5.55. The van der Waals surface area contributed by atoms with Crippen LogP contribution in [0.25, 0.3) is 10.9 Å². The fourth-order valence-corrected chi connectivity index (χ4v) is 3.87. The van der Waals surface area contributed by atoms with Gasteiger partial charge in [-0.1, -0.05) is 24.3 Å². The van der Waals surface area contributed by atoms with E-state index in [1.807, 2.05) is 35.9 Å². The highest BCUT2D eigenvalue weighted by atomic mass is 32.2. The van der Waals surface area contributed by atoms with Crippen molar-refractivity contribution in [3.8, 4) is 5.75 Å². The van der Waals surface area contributed by atoms with E-state index < -0.39 is 16.6 Å². The molecular weight excluding hydrogens is 376 g/mol. The first-order valence-electron chi connectivity index (χ1n) is 8.33. The summed E-state index contributed by atoms with van der Waals surface area (Å²) in [7, 11) is -3.81. The quantitative estimate of drug-likeness (QED) is 0.594. The first kappa shape index (κ1) is 19.2. The Labute approximate surface area is 155 Å². The van der Waals surface area contributed by atoms with E-state index >= 15 is 0 Å². The first-order chi connectivity index (χ1) is 12.9. The lowest BCUT2D eigenvalue weighted by atomic mass is 10.2. The Balaban J connectivity index is 1.60. The normalized spacial score (nSPS) is 12.0. The molecule has 0 bridgehead atoms. The molecule has 0 aliphatic carbocycles. The molecule has 1 heterocycles. The van der Waals surface area contributed by atoms with E-state index in [0.29, 0.717) is 13.0 Å². The van der Waals surface area contributed by atoms with Crippen molar-refractivity contribution in [3.05, 3.63) is 54.2 Å². The fraction of sp³-hybridized carbons (Fsp3) is 0.278. The molecule has 3 aromatic rings. The van der Waals surface area contributed by atoms with Gasteiger partial charge < -0.3 is 4.74 Å². The molecule has 0 saturated heterocycles. The average Bonchev–Trinajstić information content (AvgIpc) is 2.95. The minimum atomic E-state index is -3.81. The van der Waals surface area contributed by atoms with Crippen molar-refractivity contribution in [1.29, 1.82) is 0 Å².